The molecule has 0 bridgehead atoms. The summed E-state index contributed by atoms with van der Waals surface area (Å²) in [6.07, 6.45) is 1.50. The van der Waals surface area contributed by atoms with E-state index in [1.165, 1.54) is 6.21 Å². The highest BCUT2D eigenvalue weighted by Crippen LogP contribution is 2.35. The number of methoxy groups -OCH3 is 2. The van der Waals surface area contributed by atoms with Crippen molar-refractivity contribution < 1.29 is 14.3 Å². The van der Waals surface area contributed by atoms with Crippen molar-refractivity contribution in [2.45, 2.75) is 6.92 Å². The number of rotatable bonds is 5. The van der Waals surface area contributed by atoms with Gasteiger partial charge in [-0.15, -0.1) is 0 Å². The maximum absolute atomic E-state index is 11.8. The Labute approximate surface area is 135 Å². The fraction of sp³-hybridized carbons (Fsp3) is 0.214. The number of aromatic amines is 1. The van der Waals surface area contributed by atoms with Gasteiger partial charge in [-0.1, -0.05) is 0 Å². The highest BCUT2D eigenvalue weighted by molar-refractivity contribution is 9.10. The monoisotopic (exact) mass is 366 g/mol. The zero-order valence-corrected chi connectivity index (χ0v) is 13.9. The molecule has 22 heavy (non-hydrogen) atoms. The van der Waals surface area contributed by atoms with E-state index in [0.717, 1.165) is 15.7 Å². The number of carbonyl (C=O) groups excluding carboxylic acids is 1. The zero-order chi connectivity index (χ0) is 16.1. The van der Waals surface area contributed by atoms with Crippen LogP contribution < -0.4 is 14.9 Å². The number of aryl methyl sites for hydroxylation is 1. The Bertz CT molecular complexity index is 712. The number of hydrogen-bond donors (Lipinski definition) is 2. The third-order valence-corrected chi connectivity index (χ3v) is 3.36. The van der Waals surface area contributed by atoms with Gasteiger partial charge in [0, 0.05) is 5.69 Å². The summed E-state index contributed by atoms with van der Waals surface area (Å²) in [6, 6.07) is 5.19. The van der Waals surface area contributed by atoms with E-state index in [1.807, 2.05) is 6.92 Å². The van der Waals surface area contributed by atoms with Gasteiger partial charge >= 0.3 is 0 Å². The molecule has 1 amide bonds. The van der Waals surface area contributed by atoms with Crippen molar-refractivity contribution >= 4 is 28.1 Å². The quantitative estimate of drug-likeness (QED) is 0.627. The lowest BCUT2D eigenvalue weighted by Crippen LogP contribution is -2.18. The Morgan fingerprint density at radius 3 is 2.73 bits per heavy atom. The van der Waals surface area contributed by atoms with E-state index in [2.05, 4.69) is 36.7 Å². The van der Waals surface area contributed by atoms with E-state index in [-0.39, 0.29) is 11.6 Å². The summed E-state index contributed by atoms with van der Waals surface area (Å²) in [6.45, 7) is 1.81. The molecular weight excluding hydrogens is 352 g/mol. The first-order valence-corrected chi connectivity index (χ1v) is 7.11. The highest BCUT2D eigenvalue weighted by Gasteiger charge is 2.10. The summed E-state index contributed by atoms with van der Waals surface area (Å²) < 4.78 is 11.2. The van der Waals surface area contributed by atoms with Crippen molar-refractivity contribution in [1.29, 1.82) is 0 Å². The predicted molar refractivity (Wildman–Crippen MR) is 85.6 cm³/mol. The minimum absolute atomic E-state index is 0.281. The minimum Gasteiger partial charge on any atom is -0.493 e. The molecule has 2 N–H and O–H groups in total. The van der Waals surface area contributed by atoms with Crippen LogP contribution in [0, 0.1) is 6.92 Å². The predicted octanol–water partition coefficient (Wildman–Crippen LogP) is 2.26. The van der Waals surface area contributed by atoms with Crippen molar-refractivity contribution in [2.24, 2.45) is 5.10 Å². The first-order chi connectivity index (χ1) is 10.5. The Morgan fingerprint density at radius 1 is 1.36 bits per heavy atom. The first-order valence-electron chi connectivity index (χ1n) is 6.32. The van der Waals surface area contributed by atoms with Crippen molar-refractivity contribution in [3.05, 3.63) is 39.6 Å². The standard InChI is InChI=1S/C14H15BrN4O3/c1-8-4-11(18-17-8)14(20)19-16-7-9-5-10(15)13(22-3)12(6-9)21-2/h4-7H,1-3H3,(H,17,18)(H,19,20)/b16-7-. The van der Waals surface area contributed by atoms with E-state index < -0.39 is 0 Å². The first kappa shape index (κ1) is 16.0. The van der Waals surface area contributed by atoms with Crippen LogP contribution >= 0.6 is 15.9 Å². The van der Waals surface area contributed by atoms with Crippen LogP contribution in [0.15, 0.2) is 27.8 Å². The van der Waals surface area contributed by atoms with E-state index >= 15 is 0 Å². The molecule has 8 heteroatoms. The Hall–Kier alpha value is -2.35. The maximum atomic E-state index is 11.8. The lowest BCUT2D eigenvalue weighted by Gasteiger charge is -2.10. The molecule has 2 rings (SSSR count). The molecule has 0 saturated carbocycles. The van der Waals surface area contributed by atoms with Crippen LogP contribution in [-0.2, 0) is 0 Å². The van der Waals surface area contributed by atoms with Gasteiger partial charge < -0.3 is 9.47 Å². The maximum Gasteiger partial charge on any atom is 0.291 e. The zero-order valence-electron chi connectivity index (χ0n) is 12.3. The Morgan fingerprint density at radius 2 is 2.14 bits per heavy atom. The number of hydrazone groups is 1. The second kappa shape index (κ2) is 7.08. The normalized spacial score (nSPS) is 10.7. The smallest absolute Gasteiger partial charge is 0.291 e. The molecular formula is C14H15BrN4O3. The lowest BCUT2D eigenvalue weighted by atomic mass is 10.2. The molecule has 0 aliphatic rings. The number of ether oxygens (including phenoxy) is 2. The largest absolute Gasteiger partial charge is 0.493 e. The van der Waals surface area contributed by atoms with Crippen LogP contribution in [0.4, 0.5) is 0 Å². The number of nitrogens with zero attached hydrogens (tertiary/aromatic N) is 2. The molecule has 0 saturated heterocycles. The molecule has 2 aromatic rings. The fourth-order valence-corrected chi connectivity index (χ4v) is 2.39. The molecule has 1 aromatic carbocycles. The molecule has 0 radical (unpaired) electrons. The summed E-state index contributed by atoms with van der Waals surface area (Å²) in [4.78, 5) is 11.8. The van der Waals surface area contributed by atoms with E-state index in [0.29, 0.717) is 11.5 Å². The number of hydrogen-bond acceptors (Lipinski definition) is 5. The van der Waals surface area contributed by atoms with Gasteiger partial charge in [0.2, 0.25) is 0 Å². The molecule has 0 spiro atoms. The molecule has 0 atom stereocenters. The van der Waals surface area contributed by atoms with Gasteiger partial charge in [-0.2, -0.15) is 10.2 Å². The van der Waals surface area contributed by atoms with Crippen LogP contribution in [0.5, 0.6) is 11.5 Å². The van der Waals surface area contributed by atoms with Crippen LogP contribution in [0.1, 0.15) is 21.7 Å². The van der Waals surface area contributed by atoms with E-state index in [9.17, 15) is 4.79 Å². The second-order valence-electron chi connectivity index (χ2n) is 4.37. The van der Waals surface area contributed by atoms with E-state index in [1.54, 1.807) is 32.4 Å². The highest BCUT2D eigenvalue weighted by atomic mass is 79.9. The Kier molecular flexibility index (Phi) is 5.16. The minimum atomic E-state index is -0.389. The number of amides is 1. The van der Waals surface area contributed by atoms with Crippen molar-refractivity contribution in [2.75, 3.05) is 14.2 Å². The van der Waals surface area contributed by atoms with Gasteiger partial charge in [0.25, 0.3) is 5.91 Å². The molecule has 1 aromatic heterocycles. The molecule has 0 aliphatic heterocycles. The summed E-state index contributed by atoms with van der Waals surface area (Å²) in [5.41, 5.74) is 4.23. The van der Waals surface area contributed by atoms with Crippen molar-refractivity contribution in [3.63, 3.8) is 0 Å². The van der Waals surface area contributed by atoms with Crippen LogP contribution in [-0.4, -0.2) is 36.5 Å². The summed E-state index contributed by atoms with van der Waals surface area (Å²) in [5.74, 6) is 0.767. The molecule has 1 heterocycles. The number of halogens is 1. The third-order valence-electron chi connectivity index (χ3n) is 2.77. The van der Waals surface area contributed by atoms with Crippen LogP contribution in [0.25, 0.3) is 0 Å². The summed E-state index contributed by atoms with van der Waals surface area (Å²) in [7, 11) is 3.11. The van der Waals surface area contributed by atoms with Crippen LogP contribution in [0.2, 0.25) is 0 Å². The number of nitrogens with one attached hydrogen (secondary N) is 2. The molecule has 0 aliphatic carbocycles. The summed E-state index contributed by atoms with van der Waals surface area (Å²) in [5, 5.41) is 10.4. The van der Waals surface area contributed by atoms with E-state index in [4.69, 9.17) is 9.47 Å². The topological polar surface area (TPSA) is 88.6 Å². The van der Waals surface area contributed by atoms with Gasteiger partial charge in [0.15, 0.2) is 17.2 Å². The van der Waals surface area contributed by atoms with Crippen molar-refractivity contribution in [3.8, 4) is 11.5 Å². The Balaban J connectivity index is 2.10. The number of aromatic nitrogens is 2. The number of benzene rings is 1. The van der Waals surface area contributed by atoms with Gasteiger partial charge in [-0.25, -0.2) is 5.43 Å². The average molecular weight is 367 g/mol. The second-order valence-corrected chi connectivity index (χ2v) is 5.23. The molecule has 7 nitrogen and oxygen atoms in total. The molecule has 116 valence electrons. The SMILES string of the molecule is COc1cc(/C=N\NC(=O)c2cc(C)[nH]n2)cc(Br)c1OC. The number of H-pyrrole nitrogens is 1. The number of carbonyl (C=O) groups is 1. The van der Waals surface area contributed by atoms with Gasteiger partial charge in [-0.05, 0) is 46.6 Å². The molecule has 0 unspecified atom stereocenters. The third kappa shape index (κ3) is 3.64. The van der Waals surface area contributed by atoms with Gasteiger partial charge in [0.1, 0.15) is 0 Å². The average Bonchev–Trinajstić information content (AvgIpc) is 2.93. The van der Waals surface area contributed by atoms with Crippen molar-refractivity contribution in [1.82, 2.24) is 15.6 Å². The van der Waals surface area contributed by atoms with Crippen LogP contribution in [0.3, 0.4) is 0 Å². The summed E-state index contributed by atoms with van der Waals surface area (Å²) >= 11 is 3.39. The fourth-order valence-electron chi connectivity index (χ4n) is 1.77. The van der Waals surface area contributed by atoms with Gasteiger partial charge in [0.05, 0.1) is 24.9 Å². The van der Waals surface area contributed by atoms with Gasteiger partial charge in [-0.3, -0.25) is 9.89 Å². The lowest BCUT2D eigenvalue weighted by molar-refractivity contribution is 0.0950. The molecule has 0 fully saturated rings.